The summed E-state index contributed by atoms with van der Waals surface area (Å²) in [5.41, 5.74) is 0.407. The Kier molecular flexibility index (Phi) is 6.68. The van der Waals surface area contributed by atoms with Gasteiger partial charge >= 0.3 is 11.6 Å². The molecule has 0 bridgehead atoms. The van der Waals surface area contributed by atoms with Crippen LogP contribution in [0.3, 0.4) is 0 Å². The molecule has 0 unspecified atom stereocenters. The first kappa shape index (κ1) is 19.5. The summed E-state index contributed by atoms with van der Waals surface area (Å²) in [7, 11) is 0. The summed E-state index contributed by atoms with van der Waals surface area (Å²) >= 11 is 0. The number of ether oxygens (including phenoxy) is 2. The molecule has 1 heterocycles. The summed E-state index contributed by atoms with van der Waals surface area (Å²) in [6.45, 7) is 1.19. The van der Waals surface area contributed by atoms with Gasteiger partial charge in [-0.1, -0.05) is 0 Å². The fourth-order valence-electron chi connectivity index (χ4n) is 2.76. The van der Waals surface area contributed by atoms with E-state index in [0.29, 0.717) is 30.3 Å². The number of carboxylic acid groups (broad SMARTS) is 1. The molecule has 1 aromatic heterocycles. The van der Waals surface area contributed by atoms with Crippen LogP contribution >= 0.6 is 0 Å². The van der Waals surface area contributed by atoms with Gasteiger partial charge in [-0.25, -0.2) is 9.59 Å². The normalized spacial score (nSPS) is 10.7. The second-order valence-electron chi connectivity index (χ2n) is 6.39. The molecule has 0 saturated heterocycles. The lowest BCUT2D eigenvalue weighted by Crippen LogP contribution is -2.01. The fraction of sp³-hybridized carbons (Fsp3) is 0.273. The van der Waals surface area contributed by atoms with Crippen LogP contribution in [-0.2, 0) is 0 Å². The number of hydrogen-bond donors (Lipinski definition) is 1. The summed E-state index contributed by atoms with van der Waals surface area (Å²) in [5, 5.41) is 9.72. The van der Waals surface area contributed by atoms with Crippen LogP contribution in [0.15, 0.2) is 63.8 Å². The van der Waals surface area contributed by atoms with E-state index in [1.54, 1.807) is 24.3 Å². The van der Waals surface area contributed by atoms with Crippen LogP contribution in [0.4, 0.5) is 0 Å². The van der Waals surface area contributed by atoms with E-state index in [9.17, 15) is 9.59 Å². The molecule has 28 heavy (non-hydrogen) atoms. The molecule has 2 aromatic carbocycles. The minimum atomic E-state index is -0.943. The maximum absolute atomic E-state index is 11.3. The van der Waals surface area contributed by atoms with Crippen molar-refractivity contribution in [2.75, 3.05) is 13.2 Å². The summed E-state index contributed by atoms with van der Waals surface area (Å²) in [4.78, 5) is 22.1. The van der Waals surface area contributed by atoms with E-state index >= 15 is 0 Å². The third-order valence-electron chi connectivity index (χ3n) is 4.27. The number of carboxylic acids is 1. The third-order valence-corrected chi connectivity index (χ3v) is 4.27. The van der Waals surface area contributed by atoms with Crippen molar-refractivity contribution in [3.05, 3.63) is 70.6 Å². The number of fused-ring (bicyclic) bond motifs is 1. The minimum absolute atomic E-state index is 0.251. The molecule has 6 heteroatoms. The molecule has 1 N–H and O–H groups in total. The lowest BCUT2D eigenvalue weighted by Gasteiger charge is -2.08. The van der Waals surface area contributed by atoms with Crippen LogP contribution in [0.25, 0.3) is 11.0 Å². The number of unbranched alkanes of at least 4 members (excludes halogenated alkanes) is 3. The molecule has 0 saturated carbocycles. The highest BCUT2D eigenvalue weighted by atomic mass is 16.5. The number of aromatic carboxylic acids is 1. The first-order valence-electron chi connectivity index (χ1n) is 9.25. The van der Waals surface area contributed by atoms with E-state index in [1.807, 2.05) is 12.1 Å². The topological polar surface area (TPSA) is 86.0 Å². The largest absolute Gasteiger partial charge is 0.494 e. The monoisotopic (exact) mass is 382 g/mol. The maximum atomic E-state index is 11.3. The Balaban J connectivity index is 1.30. The van der Waals surface area contributed by atoms with Crippen molar-refractivity contribution in [2.45, 2.75) is 25.7 Å². The van der Waals surface area contributed by atoms with Crippen molar-refractivity contribution in [3.63, 3.8) is 0 Å². The van der Waals surface area contributed by atoms with Crippen molar-refractivity contribution in [3.8, 4) is 11.5 Å². The van der Waals surface area contributed by atoms with Crippen LogP contribution in [0.5, 0.6) is 11.5 Å². The van der Waals surface area contributed by atoms with Gasteiger partial charge in [-0.2, -0.15) is 0 Å². The average molecular weight is 382 g/mol. The lowest BCUT2D eigenvalue weighted by molar-refractivity contribution is 0.0697. The SMILES string of the molecule is O=C(O)c1ccc(OCCCCCCOc2ccc3ccc(=O)oc3c2)cc1. The predicted molar refractivity (Wildman–Crippen MR) is 105 cm³/mol. The van der Waals surface area contributed by atoms with Crippen molar-refractivity contribution in [1.82, 2.24) is 0 Å². The minimum Gasteiger partial charge on any atom is -0.494 e. The van der Waals surface area contributed by atoms with Gasteiger partial charge in [0.15, 0.2) is 0 Å². The van der Waals surface area contributed by atoms with Gasteiger partial charge in [0.25, 0.3) is 0 Å². The summed E-state index contributed by atoms with van der Waals surface area (Å²) in [5.74, 6) is 0.424. The molecule has 0 radical (unpaired) electrons. The Morgan fingerprint density at radius 2 is 1.43 bits per heavy atom. The smallest absolute Gasteiger partial charge is 0.336 e. The molecule has 0 fully saturated rings. The Morgan fingerprint density at radius 3 is 2.11 bits per heavy atom. The average Bonchev–Trinajstić information content (AvgIpc) is 2.70. The van der Waals surface area contributed by atoms with E-state index in [-0.39, 0.29) is 11.2 Å². The summed E-state index contributed by atoms with van der Waals surface area (Å²) < 4.78 is 16.5. The van der Waals surface area contributed by atoms with Gasteiger partial charge in [-0.15, -0.1) is 0 Å². The quantitative estimate of drug-likeness (QED) is 0.410. The van der Waals surface area contributed by atoms with Gasteiger partial charge in [0.2, 0.25) is 0 Å². The zero-order valence-electron chi connectivity index (χ0n) is 15.4. The van der Waals surface area contributed by atoms with E-state index in [1.165, 1.54) is 18.2 Å². The van der Waals surface area contributed by atoms with Gasteiger partial charge in [-0.05, 0) is 68.1 Å². The molecule has 0 aliphatic heterocycles. The van der Waals surface area contributed by atoms with Gasteiger partial charge in [0, 0.05) is 17.5 Å². The highest BCUT2D eigenvalue weighted by molar-refractivity contribution is 5.87. The van der Waals surface area contributed by atoms with Crippen LogP contribution in [0, 0.1) is 0 Å². The number of rotatable bonds is 10. The molecule has 0 spiro atoms. The van der Waals surface area contributed by atoms with E-state index in [0.717, 1.165) is 31.1 Å². The van der Waals surface area contributed by atoms with Crippen LogP contribution in [0.1, 0.15) is 36.0 Å². The highest BCUT2D eigenvalue weighted by Gasteiger charge is 2.03. The summed E-state index contributed by atoms with van der Waals surface area (Å²) in [6, 6.07) is 15.0. The Bertz CT molecular complexity index is 974. The molecule has 146 valence electrons. The van der Waals surface area contributed by atoms with E-state index in [2.05, 4.69) is 0 Å². The molecule has 0 atom stereocenters. The Morgan fingerprint density at radius 1 is 0.821 bits per heavy atom. The van der Waals surface area contributed by atoms with Gasteiger partial charge in [0.05, 0.1) is 18.8 Å². The first-order valence-corrected chi connectivity index (χ1v) is 9.25. The lowest BCUT2D eigenvalue weighted by atomic mass is 10.2. The molecule has 0 aliphatic carbocycles. The van der Waals surface area contributed by atoms with Crippen LogP contribution in [0.2, 0.25) is 0 Å². The van der Waals surface area contributed by atoms with Crippen molar-refractivity contribution in [2.24, 2.45) is 0 Å². The summed E-state index contributed by atoms with van der Waals surface area (Å²) in [6.07, 6.45) is 3.87. The molecular formula is C22H22O6. The third kappa shape index (κ3) is 5.61. The zero-order valence-corrected chi connectivity index (χ0v) is 15.4. The van der Waals surface area contributed by atoms with Crippen molar-refractivity contribution in [1.29, 1.82) is 0 Å². The Labute approximate surface area is 162 Å². The van der Waals surface area contributed by atoms with Gasteiger partial charge in [0.1, 0.15) is 17.1 Å². The zero-order chi connectivity index (χ0) is 19.8. The standard InChI is InChI=1S/C22H22O6/c23-21-12-8-16-5-11-19(15-20(16)28-21)27-14-4-2-1-3-13-26-18-9-6-17(7-10-18)22(24)25/h5-12,15H,1-4,13-14H2,(H,24,25). The second-order valence-corrected chi connectivity index (χ2v) is 6.39. The number of benzene rings is 2. The highest BCUT2D eigenvalue weighted by Crippen LogP contribution is 2.20. The van der Waals surface area contributed by atoms with Crippen LogP contribution in [-0.4, -0.2) is 24.3 Å². The molecule has 0 aliphatic rings. The molecular weight excluding hydrogens is 360 g/mol. The maximum Gasteiger partial charge on any atom is 0.336 e. The number of hydrogen-bond acceptors (Lipinski definition) is 5. The van der Waals surface area contributed by atoms with Crippen molar-refractivity contribution >= 4 is 16.9 Å². The molecule has 3 rings (SSSR count). The van der Waals surface area contributed by atoms with E-state index in [4.69, 9.17) is 19.0 Å². The van der Waals surface area contributed by atoms with Gasteiger partial charge < -0.3 is 19.0 Å². The number of carbonyl (C=O) groups is 1. The molecule has 6 nitrogen and oxygen atoms in total. The fourth-order valence-corrected chi connectivity index (χ4v) is 2.76. The van der Waals surface area contributed by atoms with Crippen LogP contribution < -0.4 is 15.1 Å². The molecule has 0 amide bonds. The van der Waals surface area contributed by atoms with E-state index < -0.39 is 5.97 Å². The first-order chi connectivity index (χ1) is 13.6. The van der Waals surface area contributed by atoms with Crippen molar-refractivity contribution < 1.29 is 23.8 Å². The predicted octanol–water partition coefficient (Wildman–Crippen LogP) is 4.51. The second kappa shape index (κ2) is 9.60. The van der Waals surface area contributed by atoms with Gasteiger partial charge in [-0.3, -0.25) is 0 Å². The molecule has 3 aromatic rings. The Hall–Kier alpha value is -3.28.